The van der Waals surface area contributed by atoms with E-state index in [4.69, 9.17) is 0 Å². The third kappa shape index (κ3) is 2.74. The van der Waals surface area contributed by atoms with Gasteiger partial charge in [0.15, 0.2) is 0 Å². The number of hydrogen-bond donors (Lipinski definition) is 0. The number of fused-ring (bicyclic) bond motifs is 1. The Labute approximate surface area is 157 Å². The highest BCUT2D eigenvalue weighted by atomic mass is 16.2. The first-order valence-electron chi connectivity index (χ1n) is 9.41. The molecule has 0 atom stereocenters. The Kier molecular flexibility index (Phi) is 3.64. The zero-order chi connectivity index (χ0) is 18.4. The quantitative estimate of drug-likeness (QED) is 0.723. The third-order valence-corrected chi connectivity index (χ3v) is 6.07. The number of nitrogens with zero attached hydrogens (tertiary/aromatic N) is 3. The molecule has 1 aliphatic carbocycles. The molecular weight excluding hydrogens is 338 g/mol. The summed E-state index contributed by atoms with van der Waals surface area (Å²) in [7, 11) is 0. The predicted octanol–water partition coefficient (Wildman–Crippen LogP) is 2.80. The van der Waals surface area contributed by atoms with Crippen molar-refractivity contribution in [3.63, 3.8) is 0 Å². The topological polar surface area (TPSA) is 55.2 Å². The van der Waals surface area contributed by atoms with E-state index in [2.05, 4.69) is 29.2 Å². The van der Waals surface area contributed by atoms with E-state index in [-0.39, 0.29) is 18.0 Å². The van der Waals surface area contributed by atoms with Gasteiger partial charge in [-0.1, -0.05) is 42.5 Å². The predicted molar refractivity (Wildman–Crippen MR) is 103 cm³/mol. The number of carbonyl (C=O) groups excluding carboxylic acids is 1. The van der Waals surface area contributed by atoms with Crippen molar-refractivity contribution < 1.29 is 4.79 Å². The molecule has 27 heavy (non-hydrogen) atoms. The van der Waals surface area contributed by atoms with Crippen molar-refractivity contribution in [3.8, 4) is 0 Å². The van der Waals surface area contributed by atoms with Gasteiger partial charge < -0.3 is 4.90 Å². The summed E-state index contributed by atoms with van der Waals surface area (Å²) in [5.41, 5.74) is 2.21. The normalized spacial score (nSPS) is 18.3. The van der Waals surface area contributed by atoms with Crippen LogP contribution in [-0.4, -0.2) is 33.4 Å². The lowest BCUT2D eigenvalue weighted by atomic mass is 9.56. The van der Waals surface area contributed by atoms with E-state index in [1.54, 1.807) is 6.07 Å². The molecule has 1 amide bonds. The standard InChI is InChI=1S/C22H21N3O2/c26-20(12-24-15-23-19-9-5-4-8-18(19)21(24)27)25-13-22(14-25)10-17(11-22)16-6-2-1-3-7-16/h1-9,15,17H,10-14H2. The zero-order valence-corrected chi connectivity index (χ0v) is 15.0. The summed E-state index contributed by atoms with van der Waals surface area (Å²) >= 11 is 0. The molecule has 5 heteroatoms. The SMILES string of the molecule is O=C(Cn1cnc2ccccc2c1=O)N1CC2(CC(c3ccccc3)C2)C1. The fourth-order valence-electron chi connectivity index (χ4n) is 4.61. The van der Waals surface area contributed by atoms with Gasteiger partial charge in [0.05, 0.1) is 17.2 Å². The van der Waals surface area contributed by atoms with Gasteiger partial charge in [-0.05, 0) is 36.5 Å². The monoisotopic (exact) mass is 359 g/mol. The summed E-state index contributed by atoms with van der Waals surface area (Å²) < 4.78 is 1.42. The van der Waals surface area contributed by atoms with Gasteiger partial charge in [-0.2, -0.15) is 0 Å². The van der Waals surface area contributed by atoms with Crippen LogP contribution in [0.3, 0.4) is 0 Å². The van der Waals surface area contributed by atoms with Gasteiger partial charge >= 0.3 is 0 Å². The van der Waals surface area contributed by atoms with E-state index in [0.29, 0.717) is 22.2 Å². The highest BCUT2D eigenvalue weighted by Gasteiger charge is 2.53. The molecule has 1 saturated heterocycles. The molecule has 0 N–H and O–H groups in total. The second-order valence-electron chi connectivity index (χ2n) is 7.96. The minimum absolute atomic E-state index is 0.00275. The molecule has 1 saturated carbocycles. The van der Waals surface area contributed by atoms with Crippen LogP contribution in [-0.2, 0) is 11.3 Å². The van der Waals surface area contributed by atoms with Crippen molar-refractivity contribution in [2.75, 3.05) is 13.1 Å². The van der Waals surface area contributed by atoms with Crippen LogP contribution in [0, 0.1) is 5.41 Å². The Bertz CT molecular complexity index is 1060. The Morgan fingerprint density at radius 3 is 2.52 bits per heavy atom. The lowest BCUT2D eigenvalue weighted by Crippen LogP contribution is -2.63. The number of benzene rings is 2. The Balaban J connectivity index is 1.22. The van der Waals surface area contributed by atoms with Crippen molar-refractivity contribution in [3.05, 3.63) is 76.8 Å². The number of rotatable bonds is 3. The largest absolute Gasteiger partial charge is 0.340 e. The maximum Gasteiger partial charge on any atom is 0.261 e. The highest BCUT2D eigenvalue weighted by Crippen LogP contribution is 2.55. The Hall–Kier alpha value is -2.95. The van der Waals surface area contributed by atoms with Crippen LogP contribution in [0.2, 0.25) is 0 Å². The van der Waals surface area contributed by atoms with Crippen molar-refractivity contribution in [1.82, 2.24) is 14.5 Å². The van der Waals surface area contributed by atoms with E-state index >= 15 is 0 Å². The molecule has 1 aromatic heterocycles. The summed E-state index contributed by atoms with van der Waals surface area (Å²) in [6.07, 6.45) is 3.78. The average Bonchev–Trinajstić information content (AvgIpc) is 2.63. The lowest BCUT2D eigenvalue weighted by Gasteiger charge is -2.59. The molecule has 5 nitrogen and oxygen atoms in total. The van der Waals surface area contributed by atoms with Crippen LogP contribution < -0.4 is 5.56 Å². The molecule has 2 aromatic carbocycles. The Morgan fingerprint density at radius 1 is 1.04 bits per heavy atom. The summed E-state index contributed by atoms with van der Waals surface area (Å²) in [6.45, 7) is 1.69. The molecule has 2 heterocycles. The smallest absolute Gasteiger partial charge is 0.261 e. The van der Waals surface area contributed by atoms with Gasteiger partial charge in [-0.3, -0.25) is 14.2 Å². The highest BCUT2D eigenvalue weighted by molar-refractivity contribution is 5.79. The molecule has 0 radical (unpaired) electrons. The second kappa shape index (κ2) is 6.05. The lowest BCUT2D eigenvalue weighted by molar-refractivity contribution is -0.152. The van der Waals surface area contributed by atoms with Crippen LogP contribution >= 0.6 is 0 Å². The van der Waals surface area contributed by atoms with Crippen LogP contribution in [0.1, 0.15) is 24.3 Å². The number of hydrogen-bond acceptors (Lipinski definition) is 3. The van der Waals surface area contributed by atoms with Crippen LogP contribution in [0.15, 0.2) is 65.7 Å². The van der Waals surface area contributed by atoms with E-state index in [1.165, 1.54) is 16.5 Å². The molecule has 0 bridgehead atoms. The second-order valence-corrected chi connectivity index (χ2v) is 7.96. The first kappa shape index (κ1) is 16.2. The molecule has 1 spiro atoms. The van der Waals surface area contributed by atoms with Gasteiger partial charge in [0.1, 0.15) is 6.54 Å². The maximum absolute atomic E-state index is 12.6. The van der Waals surface area contributed by atoms with Crippen LogP contribution in [0.4, 0.5) is 0 Å². The number of likely N-dealkylation sites (tertiary alicyclic amines) is 1. The van der Waals surface area contributed by atoms with Crippen molar-refractivity contribution >= 4 is 16.8 Å². The summed E-state index contributed by atoms with van der Waals surface area (Å²) in [4.78, 5) is 31.3. The minimum Gasteiger partial charge on any atom is -0.340 e. The molecule has 1 aliphatic heterocycles. The van der Waals surface area contributed by atoms with E-state index in [1.807, 2.05) is 29.2 Å². The van der Waals surface area contributed by atoms with Crippen molar-refractivity contribution in [2.45, 2.75) is 25.3 Å². The molecule has 0 unspecified atom stereocenters. The van der Waals surface area contributed by atoms with Gasteiger partial charge in [0, 0.05) is 18.5 Å². The van der Waals surface area contributed by atoms with E-state index in [9.17, 15) is 9.59 Å². The molecule has 3 aromatic rings. The van der Waals surface area contributed by atoms with Gasteiger partial charge in [-0.25, -0.2) is 4.98 Å². The number of amides is 1. The molecule has 136 valence electrons. The molecule has 2 fully saturated rings. The molecule has 2 aliphatic rings. The van der Waals surface area contributed by atoms with E-state index < -0.39 is 0 Å². The fourth-order valence-corrected chi connectivity index (χ4v) is 4.61. The maximum atomic E-state index is 12.6. The fraction of sp³-hybridized carbons (Fsp3) is 0.318. The van der Waals surface area contributed by atoms with E-state index in [0.717, 1.165) is 25.9 Å². The van der Waals surface area contributed by atoms with Crippen LogP contribution in [0.5, 0.6) is 0 Å². The van der Waals surface area contributed by atoms with Gasteiger partial charge in [0.25, 0.3) is 5.56 Å². The minimum atomic E-state index is -0.156. The third-order valence-electron chi connectivity index (χ3n) is 6.07. The number of aromatic nitrogens is 2. The van der Waals surface area contributed by atoms with Crippen molar-refractivity contribution in [1.29, 1.82) is 0 Å². The number of para-hydroxylation sites is 1. The summed E-state index contributed by atoms with van der Waals surface area (Å²) in [6, 6.07) is 17.8. The zero-order valence-electron chi connectivity index (χ0n) is 15.0. The van der Waals surface area contributed by atoms with Gasteiger partial charge in [0.2, 0.25) is 5.91 Å². The molecule has 5 rings (SSSR count). The molecular formula is C22H21N3O2. The Morgan fingerprint density at radius 2 is 1.74 bits per heavy atom. The van der Waals surface area contributed by atoms with Gasteiger partial charge in [-0.15, -0.1) is 0 Å². The van der Waals surface area contributed by atoms with Crippen LogP contribution in [0.25, 0.3) is 10.9 Å². The van der Waals surface area contributed by atoms with Crippen molar-refractivity contribution in [2.24, 2.45) is 5.41 Å². The number of carbonyl (C=O) groups is 1. The average molecular weight is 359 g/mol. The summed E-state index contributed by atoms with van der Waals surface area (Å²) in [5, 5.41) is 0.553. The summed E-state index contributed by atoms with van der Waals surface area (Å²) in [5.74, 6) is 0.624. The first-order valence-corrected chi connectivity index (χ1v) is 9.41. The first-order chi connectivity index (χ1) is 13.1.